The summed E-state index contributed by atoms with van der Waals surface area (Å²) in [6.07, 6.45) is 91.6. The smallest absolute Gasteiger partial charge is 0.462 e. The SMILES string of the molecule is CC/C=C\C/C=C\C/C=C\C/C=C\C/C=C\C/C=C\CCC(=O)OCC(COP(=O)(O)OCC(O)COP(=O)(O)OCC(COC(=O)CCCCCC/C=C\C/C=C\C/C=C\C/C=C\CC)OC(=O)CCCCCCC/C=C\CCCC)OC(=O)CCC/C=C\C/C=C\C/C=C\C/C=C\C/C=C\CC. The molecule has 0 radical (unpaired) electrons. The van der Waals surface area contributed by atoms with Crippen molar-refractivity contribution in [1.29, 1.82) is 0 Å². The van der Waals surface area contributed by atoms with Gasteiger partial charge in [-0.3, -0.25) is 37.3 Å². The van der Waals surface area contributed by atoms with Crippen molar-refractivity contribution in [3.8, 4) is 0 Å². The molecule has 0 aromatic rings. The van der Waals surface area contributed by atoms with Crippen LogP contribution in [0, 0.1) is 0 Å². The van der Waals surface area contributed by atoms with E-state index in [4.69, 9.17) is 37.0 Å². The first-order valence-corrected chi connectivity index (χ1v) is 41.7. The number of phosphoric acid groups is 2. The normalized spacial score (nSPS) is 15.0. The van der Waals surface area contributed by atoms with E-state index in [0.29, 0.717) is 38.5 Å². The molecule has 104 heavy (non-hydrogen) atoms. The van der Waals surface area contributed by atoms with Gasteiger partial charge in [-0.05, 0) is 161 Å². The van der Waals surface area contributed by atoms with Crippen molar-refractivity contribution in [2.75, 3.05) is 39.6 Å². The molecule has 0 saturated heterocycles. The second-order valence-corrected chi connectivity index (χ2v) is 27.7. The van der Waals surface area contributed by atoms with Crippen LogP contribution >= 0.6 is 15.6 Å². The number of aliphatic hydroxyl groups excluding tert-OH is 1. The molecule has 0 aliphatic carbocycles. The summed E-state index contributed by atoms with van der Waals surface area (Å²) in [5.41, 5.74) is 0. The van der Waals surface area contributed by atoms with E-state index in [1.165, 1.54) is 6.42 Å². The number of hydrogen-bond acceptors (Lipinski definition) is 15. The molecule has 0 fully saturated rings. The zero-order valence-corrected chi connectivity index (χ0v) is 65.6. The maximum absolute atomic E-state index is 13.1. The molecule has 0 aromatic carbocycles. The van der Waals surface area contributed by atoms with Crippen molar-refractivity contribution in [3.05, 3.63) is 194 Å². The molecule has 586 valence electrons. The van der Waals surface area contributed by atoms with Crippen LogP contribution < -0.4 is 0 Å². The summed E-state index contributed by atoms with van der Waals surface area (Å²) in [6, 6.07) is 0. The predicted octanol–water partition coefficient (Wildman–Crippen LogP) is 22.5. The molecule has 5 unspecified atom stereocenters. The summed E-state index contributed by atoms with van der Waals surface area (Å²) in [5.74, 6) is -2.40. The van der Waals surface area contributed by atoms with Gasteiger partial charge in [0.15, 0.2) is 12.2 Å². The number of carbonyl (C=O) groups excluding carboxylic acids is 4. The van der Waals surface area contributed by atoms with E-state index in [9.17, 15) is 43.2 Å². The third-order valence-electron chi connectivity index (χ3n) is 15.0. The van der Waals surface area contributed by atoms with Crippen LogP contribution in [0.3, 0.4) is 0 Å². The number of ether oxygens (including phenoxy) is 4. The summed E-state index contributed by atoms with van der Waals surface area (Å²) < 4.78 is 68.3. The highest BCUT2D eigenvalue weighted by Gasteiger charge is 2.30. The van der Waals surface area contributed by atoms with Crippen LogP contribution in [0.4, 0.5) is 0 Å². The number of esters is 4. The monoisotopic (exact) mass is 1490 g/mol. The Labute approximate surface area is 627 Å². The quantitative estimate of drug-likeness (QED) is 0.0169. The fourth-order valence-electron chi connectivity index (χ4n) is 9.25. The van der Waals surface area contributed by atoms with Gasteiger partial charge in [-0.25, -0.2) is 9.13 Å². The van der Waals surface area contributed by atoms with E-state index in [0.717, 1.165) is 161 Å². The summed E-state index contributed by atoms with van der Waals surface area (Å²) in [7, 11) is -10.0. The minimum atomic E-state index is -5.02. The minimum absolute atomic E-state index is 0.00799. The van der Waals surface area contributed by atoms with E-state index in [2.05, 4.69) is 192 Å². The second kappa shape index (κ2) is 75.1. The lowest BCUT2D eigenvalue weighted by atomic mass is 10.1. The van der Waals surface area contributed by atoms with Crippen LogP contribution in [0.2, 0.25) is 0 Å². The van der Waals surface area contributed by atoms with Crippen LogP contribution in [0.1, 0.15) is 259 Å². The van der Waals surface area contributed by atoms with Crippen LogP contribution in [0.25, 0.3) is 0 Å². The van der Waals surface area contributed by atoms with E-state index in [1.54, 1.807) is 0 Å². The van der Waals surface area contributed by atoms with Crippen LogP contribution in [0.5, 0.6) is 0 Å². The topological polar surface area (TPSA) is 237 Å². The lowest BCUT2D eigenvalue weighted by Gasteiger charge is -2.21. The lowest BCUT2D eigenvalue weighted by Crippen LogP contribution is -2.30. The molecule has 3 N–H and O–H groups in total. The number of phosphoric ester groups is 2. The van der Waals surface area contributed by atoms with E-state index >= 15 is 0 Å². The molecule has 0 spiro atoms. The van der Waals surface area contributed by atoms with Gasteiger partial charge in [0.1, 0.15) is 19.3 Å². The summed E-state index contributed by atoms with van der Waals surface area (Å²) in [6.45, 7) is 4.26. The Hall–Kier alpha value is -6.10. The largest absolute Gasteiger partial charge is 0.472 e. The van der Waals surface area contributed by atoms with Gasteiger partial charge in [-0.1, -0.05) is 267 Å². The Morgan fingerprint density at radius 3 is 0.875 bits per heavy atom. The Morgan fingerprint density at radius 1 is 0.279 bits per heavy atom. The van der Waals surface area contributed by atoms with Crippen molar-refractivity contribution >= 4 is 39.5 Å². The van der Waals surface area contributed by atoms with Gasteiger partial charge in [0.25, 0.3) is 0 Å². The first-order chi connectivity index (χ1) is 50.7. The van der Waals surface area contributed by atoms with Crippen molar-refractivity contribution in [2.24, 2.45) is 0 Å². The highest BCUT2D eigenvalue weighted by Crippen LogP contribution is 2.45. The predicted molar refractivity (Wildman–Crippen MR) is 426 cm³/mol. The van der Waals surface area contributed by atoms with Crippen molar-refractivity contribution < 1.29 is 80.2 Å². The number of unbranched alkanes of at least 4 members (excludes halogenated alkanes) is 12. The molecule has 0 aliphatic rings. The molecule has 5 atom stereocenters. The number of rotatable bonds is 70. The Bertz CT molecular complexity index is 2740. The maximum Gasteiger partial charge on any atom is 0.472 e. The Kier molecular flexibility index (Phi) is 70.7. The van der Waals surface area contributed by atoms with Gasteiger partial charge in [0, 0.05) is 25.7 Å². The van der Waals surface area contributed by atoms with Gasteiger partial charge >= 0.3 is 39.5 Å². The summed E-state index contributed by atoms with van der Waals surface area (Å²) >= 11 is 0. The van der Waals surface area contributed by atoms with E-state index < -0.39 is 97.5 Å². The van der Waals surface area contributed by atoms with Gasteiger partial charge in [-0.2, -0.15) is 0 Å². The zero-order valence-electron chi connectivity index (χ0n) is 63.9. The molecular weight excluding hydrogens is 1350 g/mol. The molecule has 0 aliphatic heterocycles. The van der Waals surface area contributed by atoms with Crippen LogP contribution in [-0.2, 0) is 65.4 Å². The lowest BCUT2D eigenvalue weighted by molar-refractivity contribution is -0.161. The average Bonchev–Trinajstić information content (AvgIpc) is 0.931. The molecule has 0 amide bonds. The molecule has 0 saturated carbocycles. The first-order valence-electron chi connectivity index (χ1n) is 38.7. The fraction of sp³-hybridized carbons (Fsp3) is 0.576. The maximum atomic E-state index is 13.1. The number of hydrogen-bond donors (Lipinski definition) is 3. The number of carbonyl (C=O) groups is 4. The van der Waals surface area contributed by atoms with Crippen molar-refractivity contribution in [3.63, 3.8) is 0 Å². The minimum Gasteiger partial charge on any atom is -0.462 e. The third kappa shape index (κ3) is 74.2. The second-order valence-electron chi connectivity index (χ2n) is 24.8. The third-order valence-corrected chi connectivity index (χ3v) is 16.9. The Morgan fingerprint density at radius 2 is 0.529 bits per heavy atom. The van der Waals surface area contributed by atoms with Crippen LogP contribution in [-0.4, -0.2) is 96.7 Å². The molecule has 19 heteroatoms. The molecule has 0 rings (SSSR count). The van der Waals surface area contributed by atoms with Gasteiger partial charge in [-0.15, -0.1) is 0 Å². The zero-order chi connectivity index (χ0) is 76.0. The summed E-state index contributed by atoms with van der Waals surface area (Å²) in [4.78, 5) is 72.9. The van der Waals surface area contributed by atoms with Crippen molar-refractivity contribution in [2.45, 2.75) is 277 Å². The standard InChI is InChI=1S/C85H134O17P2/c1-5-9-13-17-21-25-29-32-35-38-39-42-44-47-51-54-58-62-66-70-83(88)96-76-81(102-85(90)72-68-64-60-56-52-48-45-41-37-34-31-27-23-19-15-11-7-3)78-100-104(93,94)98-74-79(86)73-97-103(91,92)99-77-80(101-84(89)71-67-63-59-55-49-28-24-20-16-12-8-4)75-95-82(87)69-65-61-57-53-50-46-43-40-36-33-30-26-22-18-14-10-6-2/h9-11,13-15,20-27,32-37,39,42-43,45-48,51,56,58,60,62,79-81,86H,5-8,12,16-19,28-31,38,40-41,44,49-50,52-55,57,59,61,63-78H2,1-4H3,(H,91,92)(H,93,94)/b13-9-,14-10-,15-11-,24-20-,25-21-,26-22-,27-23-,35-32-,36-33-,37-34-,42-39-,46-43-,48-45-,51-47-,60-56-,62-58-. The Balaban J connectivity index is 5.50. The molecule has 0 heterocycles. The van der Waals surface area contributed by atoms with Gasteiger partial charge < -0.3 is 33.8 Å². The number of aliphatic hydroxyl groups is 1. The molecular formula is C85H134O17P2. The first kappa shape index (κ1) is 97.9. The molecule has 0 aromatic heterocycles. The molecule has 0 bridgehead atoms. The van der Waals surface area contributed by atoms with Gasteiger partial charge in [0.2, 0.25) is 0 Å². The van der Waals surface area contributed by atoms with E-state index in [1.807, 2.05) is 30.4 Å². The highest BCUT2D eigenvalue weighted by molar-refractivity contribution is 7.47. The van der Waals surface area contributed by atoms with Crippen LogP contribution in [0.15, 0.2) is 194 Å². The molecule has 17 nitrogen and oxygen atoms in total. The van der Waals surface area contributed by atoms with E-state index in [-0.39, 0.29) is 25.7 Å². The highest BCUT2D eigenvalue weighted by atomic mass is 31.2. The van der Waals surface area contributed by atoms with Gasteiger partial charge in [0.05, 0.1) is 26.4 Å². The summed E-state index contributed by atoms with van der Waals surface area (Å²) in [5, 5.41) is 10.6. The average molecular weight is 1490 g/mol. The van der Waals surface area contributed by atoms with Crippen molar-refractivity contribution in [1.82, 2.24) is 0 Å². The number of allylic oxidation sites excluding steroid dienone is 32. The fourth-order valence-corrected chi connectivity index (χ4v) is 10.8.